The van der Waals surface area contributed by atoms with E-state index in [1.54, 1.807) is 6.07 Å². The minimum absolute atomic E-state index is 0.00639. The number of carbonyl (C=O) groups is 1. The van der Waals surface area contributed by atoms with Gasteiger partial charge in [0.15, 0.2) is 5.82 Å². The molecular weight excluding hydrogens is 333 g/mol. The molecule has 0 N–H and O–H groups in total. The second-order valence-electron chi connectivity index (χ2n) is 6.10. The fourth-order valence-corrected chi connectivity index (χ4v) is 4.88. The van der Waals surface area contributed by atoms with Crippen LogP contribution in [-0.2, 0) is 14.8 Å². The highest BCUT2D eigenvalue weighted by atomic mass is 32.2. The number of sulfonamides is 1. The number of carbonyl (C=O) groups excluding carboxylic acids is 1. The molecular formula is C17H20FNO4S. The molecule has 1 aromatic carbocycles. The van der Waals surface area contributed by atoms with Crippen molar-refractivity contribution in [2.45, 2.75) is 31.6 Å². The Balaban J connectivity index is 2.14. The Morgan fingerprint density at radius 3 is 2.75 bits per heavy atom. The van der Waals surface area contributed by atoms with Crippen LogP contribution in [0.2, 0.25) is 0 Å². The van der Waals surface area contributed by atoms with Gasteiger partial charge in [0.2, 0.25) is 10.0 Å². The van der Waals surface area contributed by atoms with Crippen molar-refractivity contribution in [1.82, 2.24) is 0 Å². The van der Waals surface area contributed by atoms with Crippen LogP contribution in [-0.4, -0.2) is 33.8 Å². The van der Waals surface area contributed by atoms with Crippen molar-refractivity contribution in [3.63, 3.8) is 0 Å². The molecule has 0 amide bonds. The van der Waals surface area contributed by atoms with Crippen LogP contribution in [0.5, 0.6) is 0 Å². The van der Waals surface area contributed by atoms with Gasteiger partial charge in [-0.25, -0.2) is 17.6 Å². The molecule has 0 spiro atoms. The maximum absolute atomic E-state index is 14.9. The number of rotatable bonds is 3. The predicted molar refractivity (Wildman–Crippen MR) is 89.2 cm³/mol. The molecule has 1 saturated heterocycles. The SMILES string of the molecule is COC(=O)c1cc(C2C=CCC2)cc(N2CCCCS2(=O)=O)c1F. The van der Waals surface area contributed by atoms with Crippen molar-refractivity contribution in [1.29, 1.82) is 0 Å². The van der Waals surface area contributed by atoms with E-state index in [-0.39, 0.29) is 29.5 Å². The molecule has 1 unspecified atom stereocenters. The standard InChI is InChI=1S/C17H20FNO4S/c1-23-17(20)14-10-13(12-6-2-3-7-12)11-15(16(14)18)19-8-4-5-9-24(19,21)22/h2,6,10-12H,3-5,7-9H2,1H3. The first-order valence-electron chi connectivity index (χ1n) is 8.03. The fraction of sp³-hybridized carbons (Fsp3) is 0.471. The monoisotopic (exact) mass is 353 g/mol. The lowest BCUT2D eigenvalue weighted by molar-refractivity contribution is 0.0595. The topological polar surface area (TPSA) is 63.7 Å². The molecule has 1 heterocycles. The van der Waals surface area contributed by atoms with Crippen molar-refractivity contribution in [3.8, 4) is 0 Å². The minimum Gasteiger partial charge on any atom is -0.465 e. The fourth-order valence-electron chi connectivity index (χ4n) is 3.25. The van der Waals surface area contributed by atoms with E-state index in [4.69, 9.17) is 0 Å². The second kappa shape index (κ2) is 6.55. The van der Waals surface area contributed by atoms with Gasteiger partial charge in [-0.3, -0.25) is 4.31 Å². The summed E-state index contributed by atoms with van der Waals surface area (Å²) in [5, 5.41) is 0. The van der Waals surface area contributed by atoms with Gasteiger partial charge in [-0.2, -0.15) is 0 Å². The van der Waals surface area contributed by atoms with Crippen LogP contribution in [0.1, 0.15) is 47.5 Å². The molecule has 1 aliphatic heterocycles. The predicted octanol–water partition coefficient (Wildman–Crippen LogP) is 2.98. The number of hydrogen-bond acceptors (Lipinski definition) is 4. The molecule has 1 aliphatic carbocycles. The normalized spacial score (nSPS) is 22.6. The molecule has 0 aromatic heterocycles. The molecule has 7 heteroatoms. The Morgan fingerprint density at radius 1 is 1.33 bits per heavy atom. The molecule has 3 rings (SSSR count). The highest BCUT2D eigenvalue weighted by Gasteiger charge is 2.31. The Kier molecular flexibility index (Phi) is 4.62. The first kappa shape index (κ1) is 17.0. The lowest BCUT2D eigenvalue weighted by Crippen LogP contribution is -2.38. The van der Waals surface area contributed by atoms with Crippen molar-refractivity contribution in [3.05, 3.63) is 41.2 Å². The average Bonchev–Trinajstić information content (AvgIpc) is 3.09. The smallest absolute Gasteiger partial charge is 0.340 e. The zero-order chi connectivity index (χ0) is 17.3. The molecule has 24 heavy (non-hydrogen) atoms. The van der Waals surface area contributed by atoms with Gasteiger partial charge in [0.1, 0.15) is 0 Å². The van der Waals surface area contributed by atoms with Gasteiger partial charge in [-0.05, 0) is 43.4 Å². The van der Waals surface area contributed by atoms with Gasteiger partial charge in [0.05, 0.1) is 24.1 Å². The number of methoxy groups -OCH3 is 1. The van der Waals surface area contributed by atoms with Gasteiger partial charge in [-0.1, -0.05) is 12.2 Å². The van der Waals surface area contributed by atoms with Crippen LogP contribution in [0.3, 0.4) is 0 Å². The van der Waals surface area contributed by atoms with E-state index in [0.29, 0.717) is 12.8 Å². The molecule has 1 aromatic rings. The van der Waals surface area contributed by atoms with E-state index in [0.717, 1.165) is 22.7 Å². The summed E-state index contributed by atoms with van der Waals surface area (Å²) in [4.78, 5) is 11.9. The summed E-state index contributed by atoms with van der Waals surface area (Å²) in [5.74, 6) is -1.58. The van der Waals surface area contributed by atoms with Crippen molar-refractivity contribution < 1.29 is 22.3 Å². The van der Waals surface area contributed by atoms with Crippen molar-refractivity contribution in [2.24, 2.45) is 0 Å². The van der Waals surface area contributed by atoms with Crippen molar-refractivity contribution >= 4 is 21.7 Å². The summed E-state index contributed by atoms with van der Waals surface area (Å²) in [5.41, 5.74) is 0.472. The van der Waals surface area contributed by atoms with Crippen LogP contribution in [0.4, 0.5) is 10.1 Å². The number of allylic oxidation sites excluding steroid dienone is 2. The summed E-state index contributed by atoms with van der Waals surface area (Å²) in [6.45, 7) is 0.226. The maximum atomic E-state index is 14.9. The maximum Gasteiger partial charge on any atom is 0.340 e. The van der Waals surface area contributed by atoms with Crippen LogP contribution >= 0.6 is 0 Å². The molecule has 1 atom stereocenters. The quantitative estimate of drug-likeness (QED) is 0.619. The minimum atomic E-state index is -3.57. The highest BCUT2D eigenvalue weighted by molar-refractivity contribution is 7.92. The third kappa shape index (κ3) is 3.05. The zero-order valence-corrected chi connectivity index (χ0v) is 14.3. The first-order valence-corrected chi connectivity index (χ1v) is 9.64. The van der Waals surface area contributed by atoms with E-state index in [1.165, 1.54) is 13.2 Å². The number of ether oxygens (including phenoxy) is 1. The third-order valence-corrected chi connectivity index (χ3v) is 6.40. The number of hydrogen-bond donors (Lipinski definition) is 0. The van der Waals surface area contributed by atoms with Gasteiger partial charge >= 0.3 is 5.97 Å². The number of esters is 1. The number of anilines is 1. The molecule has 2 aliphatic rings. The Hall–Kier alpha value is -1.89. The highest BCUT2D eigenvalue weighted by Crippen LogP contribution is 2.35. The van der Waals surface area contributed by atoms with Crippen LogP contribution in [0.25, 0.3) is 0 Å². The molecule has 5 nitrogen and oxygen atoms in total. The van der Waals surface area contributed by atoms with Gasteiger partial charge < -0.3 is 4.74 Å². The number of nitrogens with zero attached hydrogens (tertiary/aromatic N) is 1. The van der Waals surface area contributed by atoms with E-state index in [9.17, 15) is 17.6 Å². The molecule has 0 saturated carbocycles. The summed E-state index contributed by atoms with van der Waals surface area (Å²) in [6, 6.07) is 3.03. The number of halogens is 1. The van der Waals surface area contributed by atoms with Gasteiger partial charge in [0, 0.05) is 12.5 Å². The molecule has 130 valence electrons. The lowest BCUT2D eigenvalue weighted by atomic mass is 9.95. The summed E-state index contributed by atoms with van der Waals surface area (Å²) in [7, 11) is -2.38. The van der Waals surface area contributed by atoms with Gasteiger partial charge in [0.25, 0.3) is 0 Å². The molecule has 0 bridgehead atoms. The first-order chi connectivity index (χ1) is 11.4. The van der Waals surface area contributed by atoms with Gasteiger partial charge in [-0.15, -0.1) is 0 Å². The van der Waals surface area contributed by atoms with Crippen molar-refractivity contribution in [2.75, 3.05) is 23.7 Å². The Morgan fingerprint density at radius 2 is 2.12 bits per heavy atom. The molecule has 1 fully saturated rings. The van der Waals surface area contributed by atoms with E-state index >= 15 is 0 Å². The van der Waals surface area contributed by atoms with E-state index in [1.807, 2.05) is 12.2 Å². The van der Waals surface area contributed by atoms with Crippen LogP contribution in [0, 0.1) is 5.82 Å². The third-order valence-electron chi connectivity index (χ3n) is 4.54. The van der Waals surface area contributed by atoms with E-state index < -0.39 is 21.8 Å². The summed E-state index contributed by atoms with van der Waals surface area (Å²) < 4.78 is 45.3. The zero-order valence-electron chi connectivity index (χ0n) is 13.5. The average molecular weight is 353 g/mol. The largest absolute Gasteiger partial charge is 0.465 e. The molecule has 0 radical (unpaired) electrons. The number of benzene rings is 1. The van der Waals surface area contributed by atoms with Crippen LogP contribution < -0.4 is 4.31 Å². The Bertz CT molecular complexity index is 788. The lowest BCUT2D eigenvalue weighted by Gasteiger charge is -2.29. The summed E-state index contributed by atoms with van der Waals surface area (Å²) >= 11 is 0. The Labute approximate surface area is 141 Å². The van der Waals surface area contributed by atoms with Crippen LogP contribution in [0.15, 0.2) is 24.3 Å². The summed E-state index contributed by atoms with van der Waals surface area (Å²) in [6.07, 6.45) is 7.03. The van der Waals surface area contributed by atoms with E-state index in [2.05, 4.69) is 4.74 Å². The second-order valence-corrected chi connectivity index (χ2v) is 8.11.